The highest BCUT2D eigenvalue weighted by atomic mass is 15.2. The highest BCUT2D eigenvalue weighted by Gasteiger charge is 2.23. The van der Waals surface area contributed by atoms with Crippen LogP contribution in [0.1, 0.15) is 24.0 Å². The van der Waals surface area contributed by atoms with Crippen LogP contribution in [0.25, 0.3) is 0 Å². The molecule has 0 N–H and O–H groups in total. The predicted molar refractivity (Wildman–Crippen MR) is 92.1 cm³/mol. The van der Waals surface area contributed by atoms with Crippen molar-refractivity contribution in [2.24, 2.45) is 0 Å². The average Bonchev–Trinajstić information content (AvgIpc) is 2.58. The van der Waals surface area contributed by atoms with Crippen LogP contribution in [-0.2, 0) is 6.54 Å². The van der Waals surface area contributed by atoms with Crippen LogP contribution < -0.4 is 4.90 Å². The highest BCUT2D eigenvalue weighted by Crippen LogP contribution is 2.21. The van der Waals surface area contributed by atoms with Gasteiger partial charge in [0.05, 0.1) is 0 Å². The Morgan fingerprint density at radius 2 is 1.82 bits per heavy atom. The maximum atomic E-state index is 4.46. The Morgan fingerprint density at radius 3 is 2.50 bits per heavy atom. The maximum absolute atomic E-state index is 4.46. The SMILES string of the molecule is Cc1ccccc1CN1CCC(N(C)c2ccccn2)CC1. The van der Waals surface area contributed by atoms with Gasteiger partial charge >= 0.3 is 0 Å². The van der Waals surface area contributed by atoms with Gasteiger partial charge in [0.15, 0.2) is 0 Å². The van der Waals surface area contributed by atoms with Crippen LogP contribution in [0.4, 0.5) is 5.82 Å². The number of hydrogen-bond donors (Lipinski definition) is 0. The largest absolute Gasteiger partial charge is 0.357 e. The van der Waals surface area contributed by atoms with Crippen molar-refractivity contribution >= 4 is 5.82 Å². The Balaban J connectivity index is 1.55. The molecule has 2 heterocycles. The van der Waals surface area contributed by atoms with E-state index in [4.69, 9.17) is 0 Å². The third kappa shape index (κ3) is 3.47. The van der Waals surface area contributed by atoms with Gasteiger partial charge < -0.3 is 4.90 Å². The zero-order valence-electron chi connectivity index (χ0n) is 13.6. The van der Waals surface area contributed by atoms with Crippen molar-refractivity contribution < 1.29 is 0 Å². The summed E-state index contributed by atoms with van der Waals surface area (Å²) >= 11 is 0. The number of aromatic nitrogens is 1. The second-order valence-corrected chi connectivity index (χ2v) is 6.23. The first-order valence-corrected chi connectivity index (χ1v) is 8.15. The molecule has 0 saturated carbocycles. The first kappa shape index (κ1) is 15.0. The Kier molecular flexibility index (Phi) is 4.74. The zero-order chi connectivity index (χ0) is 15.4. The standard InChI is InChI=1S/C19H25N3/c1-16-7-3-4-8-17(16)15-22-13-10-18(11-14-22)21(2)19-9-5-6-12-20-19/h3-9,12,18H,10-11,13-15H2,1-2H3. The van der Waals surface area contributed by atoms with Crippen molar-refractivity contribution in [3.05, 3.63) is 59.8 Å². The highest BCUT2D eigenvalue weighted by molar-refractivity contribution is 5.38. The van der Waals surface area contributed by atoms with Gasteiger partial charge in [-0.05, 0) is 43.0 Å². The summed E-state index contributed by atoms with van der Waals surface area (Å²) in [5.74, 6) is 1.08. The lowest BCUT2D eigenvalue weighted by Gasteiger charge is -2.37. The molecule has 0 radical (unpaired) electrons. The summed E-state index contributed by atoms with van der Waals surface area (Å²) in [6.07, 6.45) is 4.29. The fraction of sp³-hybridized carbons (Fsp3) is 0.421. The topological polar surface area (TPSA) is 19.4 Å². The summed E-state index contributed by atoms with van der Waals surface area (Å²) in [6.45, 7) is 5.61. The molecular weight excluding hydrogens is 270 g/mol. The van der Waals surface area contributed by atoms with Crippen molar-refractivity contribution in [2.45, 2.75) is 32.4 Å². The summed E-state index contributed by atoms with van der Waals surface area (Å²) in [5.41, 5.74) is 2.86. The summed E-state index contributed by atoms with van der Waals surface area (Å²) in [7, 11) is 2.17. The molecule has 3 nitrogen and oxygen atoms in total. The second kappa shape index (κ2) is 6.93. The van der Waals surface area contributed by atoms with Gasteiger partial charge in [-0.3, -0.25) is 4.90 Å². The monoisotopic (exact) mass is 295 g/mol. The van der Waals surface area contributed by atoms with E-state index in [1.807, 2.05) is 12.3 Å². The molecule has 1 aliphatic heterocycles. The van der Waals surface area contributed by atoms with Crippen LogP contribution in [0.3, 0.4) is 0 Å². The Labute approximate surface area is 133 Å². The summed E-state index contributed by atoms with van der Waals surface area (Å²) in [6, 6.07) is 15.5. The summed E-state index contributed by atoms with van der Waals surface area (Å²) < 4.78 is 0. The minimum atomic E-state index is 0.600. The van der Waals surface area contributed by atoms with Crippen LogP contribution >= 0.6 is 0 Å². The molecule has 2 aromatic rings. The lowest BCUT2D eigenvalue weighted by molar-refractivity contribution is 0.203. The fourth-order valence-electron chi connectivity index (χ4n) is 3.24. The first-order chi connectivity index (χ1) is 10.7. The van der Waals surface area contributed by atoms with Crippen molar-refractivity contribution in [3.63, 3.8) is 0 Å². The number of pyridine rings is 1. The van der Waals surface area contributed by atoms with E-state index in [1.54, 1.807) is 0 Å². The van der Waals surface area contributed by atoms with E-state index in [0.29, 0.717) is 6.04 Å². The summed E-state index contributed by atoms with van der Waals surface area (Å²) in [5, 5.41) is 0. The molecule has 3 rings (SSSR count). The molecule has 1 aliphatic rings. The molecule has 1 aromatic heterocycles. The predicted octanol–water partition coefficient (Wildman–Crippen LogP) is 3.49. The zero-order valence-corrected chi connectivity index (χ0v) is 13.6. The lowest BCUT2D eigenvalue weighted by Crippen LogP contribution is -2.43. The van der Waals surface area contributed by atoms with E-state index in [0.717, 1.165) is 25.5 Å². The van der Waals surface area contributed by atoms with Gasteiger partial charge in [-0.15, -0.1) is 0 Å². The number of likely N-dealkylation sites (tertiary alicyclic amines) is 1. The number of hydrogen-bond acceptors (Lipinski definition) is 3. The number of benzene rings is 1. The lowest BCUT2D eigenvalue weighted by atomic mass is 10.0. The van der Waals surface area contributed by atoms with Gasteiger partial charge in [0.1, 0.15) is 5.82 Å². The average molecular weight is 295 g/mol. The molecule has 1 saturated heterocycles. The Bertz CT molecular complexity index is 589. The van der Waals surface area contributed by atoms with Crippen molar-refractivity contribution in [1.82, 2.24) is 9.88 Å². The smallest absolute Gasteiger partial charge is 0.128 e. The van der Waals surface area contributed by atoms with Gasteiger partial charge in [-0.2, -0.15) is 0 Å². The van der Waals surface area contributed by atoms with Crippen molar-refractivity contribution in [3.8, 4) is 0 Å². The van der Waals surface area contributed by atoms with Gasteiger partial charge in [-0.1, -0.05) is 30.3 Å². The van der Waals surface area contributed by atoms with Crippen LogP contribution in [-0.4, -0.2) is 36.1 Å². The molecule has 1 aromatic carbocycles. The summed E-state index contributed by atoms with van der Waals surface area (Å²) in [4.78, 5) is 9.38. The van der Waals surface area contributed by atoms with E-state index >= 15 is 0 Å². The van der Waals surface area contributed by atoms with E-state index < -0.39 is 0 Å². The molecule has 0 unspecified atom stereocenters. The molecule has 0 aliphatic carbocycles. The molecule has 1 fully saturated rings. The minimum absolute atomic E-state index is 0.600. The molecule has 116 valence electrons. The van der Waals surface area contributed by atoms with Crippen LogP contribution in [0.2, 0.25) is 0 Å². The van der Waals surface area contributed by atoms with Gasteiger partial charge in [0, 0.05) is 38.9 Å². The van der Waals surface area contributed by atoms with Crippen molar-refractivity contribution in [2.75, 3.05) is 25.0 Å². The number of aryl methyl sites for hydroxylation is 1. The first-order valence-electron chi connectivity index (χ1n) is 8.15. The van der Waals surface area contributed by atoms with Gasteiger partial charge in [-0.25, -0.2) is 4.98 Å². The molecule has 0 spiro atoms. The maximum Gasteiger partial charge on any atom is 0.128 e. The van der Waals surface area contributed by atoms with E-state index in [2.05, 4.69) is 65.2 Å². The number of nitrogens with zero attached hydrogens (tertiary/aromatic N) is 3. The molecule has 22 heavy (non-hydrogen) atoms. The Hall–Kier alpha value is -1.87. The quantitative estimate of drug-likeness (QED) is 0.860. The Morgan fingerprint density at radius 1 is 1.09 bits per heavy atom. The van der Waals surface area contributed by atoms with E-state index in [-0.39, 0.29) is 0 Å². The van der Waals surface area contributed by atoms with E-state index in [9.17, 15) is 0 Å². The van der Waals surface area contributed by atoms with Gasteiger partial charge in [0.2, 0.25) is 0 Å². The van der Waals surface area contributed by atoms with Crippen LogP contribution in [0.5, 0.6) is 0 Å². The van der Waals surface area contributed by atoms with E-state index in [1.165, 1.54) is 24.0 Å². The fourth-order valence-corrected chi connectivity index (χ4v) is 3.24. The molecule has 0 bridgehead atoms. The van der Waals surface area contributed by atoms with Gasteiger partial charge in [0.25, 0.3) is 0 Å². The number of piperidine rings is 1. The number of anilines is 1. The van der Waals surface area contributed by atoms with Crippen LogP contribution in [0.15, 0.2) is 48.7 Å². The number of rotatable bonds is 4. The second-order valence-electron chi connectivity index (χ2n) is 6.23. The molecule has 0 atom stereocenters. The molecule has 0 amide bonds. The van der Waals surface area contributed by atoms with Crippen molar-refractivity contribution in [1.29, 1.82) is 0 Å². The molecule has 3 heteroatoms. The molecular formula is C19H25N3. The third-order valence-corrected chi connectivity index (χ3v) is 4.77. The third-order valence-electron chi connectivity index (χ3n) is 4.77. The normalized spacial score (nSPS) is 16.6. The minimum Gasteiger partial charge on any atom is -0.357 e. The van der Waals surface area contributed by atoms with Crippen LogP contribution in [0, 0.1) is 6.92 Å².